The Kier molecular flexibility index (Phi) is 3.34. The summed E-state index contributed by atoms with van der Waals surface area (Å²) < 4.78 is 10.6. The monoisotopic (exact) mass is 158 g/mol. The van der Waals surface area contributed by atoms with Gasteiger partial charge in [0.2, 0.25) is 0 Å². The zero-order valence-corrected chi connectivity index (χ0v) is 7.56. The molecule has 2 rings (SSSR count). The molecule has 2 aliphatic rings. The summed E-state index contributed by atoms with van der Waals surface area (Å²) in [6.07, 6.45) is 2.43. The van der Waals surface area contributed by atoms with Crippen LogP contribution in [-0.2, 0) is 9.47 Å². The van der Waals surface area contributed by atoms with Crippen molar-refractivity contribution in [2.24, 2.45) is 5.41 Å². The Morgan fingerprint density at radius 1 is 0.909 bits per heavy atom. The van der Waals surface area contributed by atoms with E-state index in [0.29, 0.717) is 5.41 Å². The minimum absolute atomic E-state index is 0.444. The second-order valence-corrected chi connectivity index (χ2v) is 3.11. The van der Waals surface area contributed by atoms with Gasteiger partial charge < -0.3 is 9.47 Å². The summed E-state index contributed by atoms with van der Waals surface area (Å²) in [7, 11) is 0. The van der Waals surface area contributed by atoms with Crippen LogP contribution < -0.4 is 0 Å². The van der Waals surface area contributed by atoms with Gasteiger partial charge in [-0.1, -0.05) is 13.8 Å². The molecule has 0 radical (unpaired) electrons. The zero-order chi connectivity index (χ0) is 8.16. The Morgan fingerprint density at radius 3 is 1.64 bits per heavy atom. The van der Waals surface area contributed by atoms with Crippen LogP contribution in [0.5, 0.6) is 0 Å². The molecule has 0 aliphatic carbocycles. The van der Waals surface area contributed by atoms with Gasteiger partial charge in [-0.25, -0.2) is 0 Å². The van der Waals surface area contributed by atoms with Gasteiger partial charge >= 0.3 is 0 Å². The minimum atomic E-state index is 0.444. The van der Waals surface area contributed by atoms with E-state index < -0.39 is 0 Å². The molecule has 0 unspecified atom stereocenters. The number of hydrogen-bond donors (Lipinski definition) is 0. The van der Waals surface area contributed by atoms with E-state index in [9.17, 15) is 0 Å². The molecule has 0 aromatic heterocycles. The summed E-state index contributed by atoms with van der Waals surface area (Å²) >= 11 is 0. The molecule has 2 heteroatoms. The molecule has 2 heterocycles. The van der Waals surface area contributed by atoms with Crippen molar-refractivity contribution in [1.29, 1.82) is 0 Å². The van der Waals surface area contributed by atoms with Crippen LogP contribution in [0.25, 0.3) is 0 Å². The SMILES string of the molecule is C1CC2(CCOC2)CO1.CC. The van der Waals surface area contributed by atoms with Gasteiger partial charge in [0.15, 0.2) is 0 Å². The van der Waals surface area contributed by atoms with Gasteiger partial charge in [0, 0.05) is 18.6 Å². The van der Waals surface area contributed by atoms with E-state index in [-0.39, 0.29) is 0 Å². The Balaban J connectivity index is 0.000000281. The fourth-order valence-electron chi connectivity index (χ4n) is 1.61. The van der Waals surface area contributed by atoms with Crippen molar-refractivity contribution in [2.75, 3.05) is 26.4 Å². The highest BCUT2D eigenvalue weighted by Crippen LogP contribution is 2.36. The lowest BCUT2D eigenvalue weighted by atomic mass is 9.87. The third kappa shape index (κ3) is 1.94. The molecule has 0 atom stereocenters. The maximum atomic E-state index is 5.30. The lowest BCUT2D eigenvalue weighted by Gasteiger charge is -2.16. The van der Waals surface area contributed by atoms with E-state index in [2.05, 4.69) is 0 Å². The van der Waals surface area contributed by atoms with Crippen LogP contribution in [0.3, 0.4) is 0 Å². The third-order valence-electron chi connectivity index (χ3n) is 2.37. The van der Waals surface area contributed by atoms with Crippen molar-refractivity contribution in [2.45, 2.75) is 26.7 Å². The Hall–Kier alpha value is -0.0800. The van der Waals surface area contributed by atoms with E-state index in [0.717, 1.165) is 26.4 Å². The maximum absolute atomic E-state index is 5.30. The first-order valence-corrected chi connectivity index (χ1v) is 4.57. The molecular weight excluding hydrogens is 140 g/mol. The quantitative estimate of drug-likeness (QED) is 0.535. The predicted molar refractivity (Wildman–Crippen MR) is 44.7 cm³/mol. The number of hydrogen-bond acceptors (Lipinski definition) is 2. The summed E-state index contributed by atoms with van der Waals surface area (Å²) in [6, 6.07) is 0. The predicted octanol–water partition coefficient (Wildman–Crippen LogP) is 1.84. The van der Waals surface area contributed by atoms with E-state index in [4.69, 9.17) is 9.47 Å². The summed E-state index contributed by atoms with van der Waals surface area (Å²) in [5, 5.41) is 0. The average Bonchev–Trinajstić information content (AvgIpc) is 2.69. The Morgan fingerprint density at radius 2 is 1.36 bits per heavy atom. The van der Waals surface area contributed by atoms with E-state index in [1.165, 1.54) is 12.8 Å². The topological polar surface area (TPSA) is 18.5 Å². The standard InChI is InChI=1S/C7H12O2.C2H6/c1-3-8-5-7(1)2-4-9-6-7;1-2/h1-6H2;1-2H3. The highest BCUT2D eigenvalue weighted by atomic mass is 16.5. The molecule has 0 saturated carbocycles. The normalized spacial score (nSPS) is 26.7. The van der Waals surface area contributed by atoms with Crippen LogP contribution >= 0.6 is 0 Å². The minimum Gasteiger partial charge on any atom is -0.381 e. The number of ether oxygens (including phenoxy) is 2. The molecule has 2 fully saturated rings. The van der Waals surface area contributed by atoms with Gasteiger partial charge in [-0.2, -0.15) is 0 Å². The molecular formula is C9H18O2. The summed E-state index contributed by atoms with van der Waals surface area (Å²) in [5.74, 6) is 0. The highest BCUT2D eigenvalue weighted by molar-refractivity contribution is 4.86. The average molecular weight is 158 g/mol. The Bertz CT molecular complexity index is 82.6. The highest BCUT2D eigenvalue weighted by Gasteiger charge is 2.38. The Labute approximate surface area is 68.9 Å². The molecule has 0 amide bonds. The van der Waals surface area contributed by atoms with Crippen LogP contribution in [0.1, 0.15) is 26.7 Å². The van der Waals surface area contributed by atoms with Gasteiger partial charge in [-0.3, -0.25) is 0 Å². The number of rotatable bonds is 0. The van der Waals surface area contributed by atoms with Crippen LogP contribution in [-0.4, -0.2) is 26.4 Å². The van der Waals surface area contributed by atoms with Gasteiger partial charge in [0.25, 0.3) is 0 Å². The molecule has 11 heavy (non-hydrogen) atoms. The maximum Gasteiger partial charge on any atom is 0.0546 e. The molecule has 2 saturated heterocycles. The molecule has 66 valence electrons. The lowest BCUT2D eigenvalue weighted by molar-refractivity contribution is 0.122. The second kappa shape index (κ2) is 4.07. The van der Waals surface area contributed by atoms with E-state index in [1.54, 1.807) is 0 Å². The second-order valence-electron chi connectivity index (χ2n) is 3.11. The smallest absolute Gasteiger partial charge is 0.0546 e. The lowest BCUT2D eigenvalue weighted by Crippen LogP contribution is -2.20. The first kappa shape index (κ1) is 9.01. The molecule has 0 aromatic rings. The fourth-order valence-corrected chi connectivity index (χ4v) is 1.61. The summed E-state index contributed by atoms with van der Waals surface area (Å²) in [4.78, 5) is 0. The first-order valence-electron chi connectivity index (χ1n) is 4.57. The van der Waals surface area contributed by atoms with Crippen molar-refractivity contribution in [3.05, 3.63) is 0 Å². The largest absolute Gasteiger partial charge is 0.381 e. The first-order chi connectivity index (χ1) is 5.41. The van der Waals surface area contributed by atoms with Crippen molar-refractivity contribution < 1.29 is 9.47 Å². The molecule has 0 bridgehead atoms. The molecule has 1 spiro atoms. The van der Waals surface area contributed by atoms with Crippen molar-refractivity contribution in [3.8, 4) is 0 Å². The fraction of sp³-hybridized carbons (Fsp3) is 1.00. The van der Waals surface area contributed by atoms with Gasteiger partial charge in [-0.15, -0.1) is 0 Å². The zero-order valence-electron chi connectivity index (χ0n) is 7.56. The van der Waals surface area contributed by atoms with Crippen LogP contribution in [0.2, 0.25) is 0 Å². The molecule has 2 aliphatic heterocycles. The van der Waals surface area contributed by atoms with Crippen LogP contribution in [0.15, 0.2) is 0 Å². The van der Waals surface area contributed by atoms with Crippen LogP contribution in [0.4, 0.5) is 0 Å². The third-order valence-corrected chi connectivity index (χ3v) is 2.37. The van der Waals surface area contributed by atoms with Crippen molar-refractivity contribution >= 4 is 0 Å². The van der Waals surface area contributed by atoms with E-state index in [1.807, 2.05) is 13.8 Å². The van der Waals surface area contributed by atoms with Gasteiger partial charge in [0.1, 0.15) is 0 Å². The van der Waals surface area contributed by atoms with Gasteiger partial charge in [-0.05, 0) is 12.8 Å². The summed E-state index contributed by atoms with van der Waals surface area (Å²) in [5.41, 5.74) is 0.444. The summed E-state index contributed by atoms with van der Waals surface area (Å²) in [6.45, 7) is 7.77. The van der Waals surface area contributed by atoms with Crippen molar-refractivity contribution in [1.82, 2.24) is 0 Å². The molecule has 2 nitrogen and oxygen atoms in total. The molecule has 0 N–H and O–H groups in total. The molecule has 0 aromatic carbocycles. The van der Waals surface area contributed by atoms with Crippen LogP contribution in [0, 0.1) is 5.41 Å². The van der Waals surface area contributed by atoms with Crippen molar-refractivity contribution in [3.63, 3.8) is 0 Å². The van der Waals surface area contributed by atoms with E-state index >= 15 is 0 Å². The van der Waals surface area contributed by atoms with Gasteiger partial charge in [0.05, 0.1) is 13.2 Å².